The molecule has 0 fully saturated rings. The molecule has 0 atom stereocenters. The summed E-state index contributed by atoms with van der Waals surface area (Å²) in [6.07, 6.45) is 17.4. The van der Waals surface area contributed by atoms with E-state index in [2.05, 4.69) is 19.1 Å². The monoisotopic (exact) mass is 420 g/mol. The highest BCUT2D eigenvalue weighted by Crippen LogP contribution is 2.19. The third kappa shape index (κ3) is 12.4. The molecule has 0 aromatic heterocycles. The molecule has 0 amide bonds. The standard InChI is InChI=1S/C24H36O4S/c1-2-3-4-5-6-7-8-9-10-11-12-13-16-29-19-21(25)17-20-14-15-23(26)22(18-20)24(27)28/h8-9,14-15,18,26H,2-7,10-13,16-17,19H2,1H3,(H,27,28)/b9-8-. The zero-order chi connectivity index (χ0) is 21.3. The van der Waals surface area contributed by atoms with Gasteiger partial charge in [-0.1, -0.05) is 57.2 Å². The molecule has 1 aromatic carbocycles. The Morgan fingerprint density at radius 3 is 2.28 bits per heavy atom. The molecule has 0 saturated heterocycles. The van der Waals surface area contributed by atoms with Crippen molar-refractivity contribution < 1.29 is 19.8 Å². The van der Waals surface area contributed by atoms with Crippen LogP contribution >= 0.6 is 11.8 Å². The van der Waals surface area contributed by atoms with E-state index in [1.807, 2.05) is 0 Å². The van der Waals surface area contributed by atoms with Gasteiger partial charge in [0.15, 0.2) is 0 Å². The van der Waals surface area contributed by atoms with E-state index in [1.54, 1.807) is 17.8 Å². The molecule has 2 N–H and O–H groups in total. The number of allylic oxidation sites excluding steroid dienone is 2. The number of aromatic hydroxyl groups is 1. The summed E-state index contributed by atoms with van der Waals surface area (Å²) >= 11 is 1.64. The number of benzene rings is 1. The van der Waals surface area contributed by atoms with E-state index in [4.69, 9.17) is 5.11 Å². The minimum absolute atomic E-state index is 0.0823. The first kappa shape index (κ1) is 25.3. The van der Waals surface area contributed by atoms with Crippen molar-refractivity contribution in [1.29, 1.82) is 0 Å². The Kier molecular flexibility index (Phi) is 14.0. The summed E-state index contributed by atoms with van der Waals surface area (Å²) in [6, 6.07) is 4.31. The smallest absolute Gasteiger partial charge is 0.339 e. The lowest BCUT2D eigenvalue weighted by atomic mass is 10.1. The lowest BCUT2D eigenvalue weighted by Crippen LogP contribution is -2.07. The topological polar surface area (TPSA) is 74.6 Å². The highest BCUT2D eigenvalue weighted by Gasteiger charge is 2.12. The van der Waals surface area contributed by atoms with Gasteiger partial charge in [0.1, 0.15) is 17.1 Å². The molecule has 162 valence electrons. The van der Waals surface area contributed by atoms with Gasteiger partial charge in [0.2, 0.25) is 0 Å². The van der Waals surface area contributed by atoms with Crippen LogP contribution in [-0.2, 0) is 11.2 Å². The van der Waals surface area contributed by atoms with Crippen molar-refractivity contribution in [2.45, 2.75) is 77.6 Å². The molecule has 0 spiro atoms. The molecule has 4 nitrogen and oxygen atoms in total. The van der Waals surface area contributed by atoms with Gasteiger partial charge in [0.25, 0.3) is 0 Å². The van der Waals surface area contributed by atoms with Crippen molar-refractivity contribution in [3.8, 4) is 5.75 Å². The van der Waals surface area contributed by atoms with E-state index >= 15 is 0 Å². The molecule has 0 bridgehead atoms. The number of carboxylic acid groups (broad SMARTS) is 1. The van der Waals surface area contributed by atoms with Crippen LogP contribution in [0.25, 0.3) is 0 Å². The van der Waals surface area contributed by atoms with Crippen LogP contribution in [0.2, 0.25) is 0 Å². The van der Waals surface area contributed by atoms with Crippen LogP contribution in [-0.4, -0.2) is 33.5 Å². The van der Waals surface area contributed by atoms with Crippen LogP contribution in [0.15, 0.2) is 30.4 Å². The normalized spacial score (nSPS) is 11.2. The fraction of sp³-hybridized carbons (Fsp3) is 0.583. The lowest BCUT2D eigenvalue weighted by Gasteiger charge is -2.05. The minimum atomic E-state index is -1.19. The van der Waals surface area contributed by atoms with Gasteiger partial charge in [-0.15, -0.1) is 0 Å². The first-order chi connectivity index (χ1) is 14.0. The fourth-order valence-corrected chi connectivity index (χ4v) is 3.96. The molecule has 0 aliphatic rings. The Bertz CT molecular complexity index is 640. The van der Waals surface area contributed by atoms with Crippen LogP contribution < -0.4 is 0 Å². The fourth-order valence-electron chi connectivity index (χ4n) is 3.07. The molecule has 1 aromatic rings. The number of hydrogen-bond acceptors (Lipinski definition) is 4. The van der Waals surface area contributed by atoms with E-state index < -0.39 is 5.97 Å². The summed E-state index contributed by atoms with van der Waals surface area (Å²) < 4.78 is 0. The first-order valence-electron chi connectivity index (χ1n) is 10.8. The summed E-state index contributed by atoms with van der Waals surface area (Å²) in [5.74, 6) is 0.0427. The van der Waals surface area contributed by atoms with Crippen LogP contribution in [0.5, 0.6) is 5.75 Å². The predicted molar refractivity (Wildman–Crippen MR) is 122 cm³/mol. The number of rotatable bonds is 17. The number of unbranched alkanes of at least 4 members (excludes halogenated alkanes) is 8. The summed E-state index contributed by atoms with van der Waals surface area (Å²) in [4.78, 5) is 23.1. The molecule has 5 heteroatoms. The lowest BCUT2D eigenvalue weighted by molar-refractivity contribution is -0.116. The van der Waals surface area contributed by atoms with Gasteiger partial charge in [0.05, 0.1) is 5.75 Å². The van der Waals surface area contributed by atoms with E-state index in [9.17, 15) is 14.7 Å². The summed E-state index contributed by atoms with van der Waals surface area (Å²) in [5.41, 5.74) is 0.469. The predicted octanol–water partition coefficient (Wildman–Crippen LogP) is 6.41. The zero-order valence-corrected chi connectivity index (χ0v) is 18.5. The van der Waals surface area contributed by atoms with E-state index in [1.165, 1.54) is 63.5 Å². The molecule has 0 aliphatic carbocycles. The zero-order valence-electron chi connectivity index (χ0n) is 17.7. The Morgan fingerprint density at radius 1 is 0.966 bits per heavy atom. The van der Waals surface area contributed by atoms with Gasteiger partial charge in [-0.25, -0.2) is 4.79 Å². The Hall–Kier alpha value is -1.75. The highest BCUT2D eigenvalue weighted by molar-refractivity contribution is 7.99. The molecule has 29 heavy (non-hydrogen) atoms. The Balaban J connectivity index is 2.03. The van der Waals surface area contributed by atoms with E-state index in [0.29, 0.717) is 11.3 Å². The van der Waals surface area contributed by atoms with Crippen molar-refractivity contribution in [3.05, 3.63) is 41.5 Å². The molecular weight excluding hydrogens is 384 g/mol. The Morgan fingerprint density at radius 2 is 1.62 bits per heavy atom. The summed E-state index contributed by atoms with van der Waals surface area (Å²) in [7, 11) is 0. The van der Waals surface area contributed by atoms with Crippen molar-refractivity contribution in [3.63, 3.8) is 0 Å². The SMILES string of the molecule is CCCCCCC/C=C\CCCCCSCC(=O)Cc1ccc(O)c(C(=O)O)c1. The molecule has 0 aliphatic heterocycles. The molecule has 1 rings (SSSR count). The molecule has 0 heterocycles. The Labute approximate surface area is 179 Å². The number of carbonyl (C=O) groups excluding carboxylic acids is 1. The van der Waals surface area contributed by atoms with Crippen molar-refractivity contribution in [2.75, 3.05) is 11.5 Å². The maximum Gasteiger partial charge on any atom is 0.339 e. The largest absolute Gasteiger partial charge is 0.507 e. The van der Waals surface area contributed by atoms with E-state index in [0.717, 1.165) is 18.6 Å². The van der Waals surface area contributed by atoms with Gasteiger partial charge in [0, 0.05) is 6.42 Å². The number of thioether (sulfide) groups is 1. The van der Waals surface area contributed by atoms with Crippen LogP contribution in [0.4, 0.5) is 0 Å². The second-order valence-corrected chi connectivity index (χ2v) is 8.55. The van der Waals surface area contributed by atoms with Crippen molar-refractivity contribution in [1.82, 2.24) is 0 Å². The quantitative estimate of drug-likeness (QED) is 0.225. The number of hydrogen-bond donors (Lipinski definition) is 2. The van der Waals surface area contributed by atoms with Crippen molar-refractivity contribution >= 4 is 23.5 Å². The molecule has 0 unspecified atom stereocenters. The van der Waals surface area contributed by atoms with E-state index in [-0.39, 0.29) is 23.5 Å². The van der Waals surface area contributed by atoms with Gasteiger partial charge in [-0.05, 0) is 55.6 Å². The summed E-state index contributed by atoms with van der Waals surface area (Å²) in [5, 5.41) is 18.5. The maximum absolute atomic E-state index is 12.1. The van der Waals surface area contributed by atoms with Crippen LogP contribution in [0, 0.1) is 0 Å². The average Bonchev–Trinajstić information content (AvgIpc) is 2.69. The third-order valence-electron chi connectivity index (χ3n) is 4.76. The number of carbonyl (C=O) groups is 2. The maximum atomic E-state index is 12.1. The molecule has 0 radical (unpaired) electrons. The van der Waals surface area contributed by atoms with Gasteiger partial charge in [-0.2, -0.15) is 11.8 Å². The van der Waals surface area contributed by atoms with Crippen molar-refractivity contribution in [2.24, 2.45) is 0 Å². The molecule has 0 saturated carbocycles. The summed E-state index contributed by atoms with van der Waals surface area (Å²) in [6.45, 7) is 2.24. The van der Waals surface area contributed by atoms with Gasteiger partial charge in [-0.3, -0.25) is 4.79 Å². The van der Waals surface area contributed by atoms with Gasteiger partial charge >= 0.3 is 5.97 Å². The number of aromatic carboxylic acids is 1. The average molecular weight is 421 g/mol. The first-order valence-corrected chi connectivity index (χ1v) is 12.0. The second kappa shape index (κ2) is 16.1. The highest BCUT2D eigenvalue weighted by atomic mass is 32.2. The third-order valence-corrected chi connectivity index (χ3v) is 5.86. The van der Waals surface area contributed by atoms with Crippen LogP contribution in [0.3, 0.4) is 0 Å². The second-order valence-electron chi connectivity index (χ2n) is 7.45. The number of phenols is 1. The number of Topliss-reactive ketones (excluding diaryl/α,β-unsaturated/α-hetero) is 1. The number of carboxylic acids is 1. The number of ketones is 1. The molecular formula is C24H36O4S. The van der Waals surface area contributed by atoms with Crippen LogP contribution in [0.1, 0.15) is 87.1 Å². The van der Waals surface area contributed by atoms with Gasteiger partial charge < -0.3 is 10.2 Å². The minimum Gasteiger partial charge on any atom is -0.507 e.